The summed E-state index contributed by atoms with van der Waals surface area (Å²) in [5, 5.41) is 8.98. The van der Waals surface area contributed by atoms with Gasteiger partial charge in [0.2, 0.25) is 0 Å². The lowest BCUT2D eigenvalue weighted by Gasteiger charge is -2.28. The van der Waals surface area contributed by atoms with Crippen molar-refractivity contribution in [1.82, 2.24) is 4.40 Å². The van der Waals surface area contributed by atoms with Crippen molar-refractivity contribution in [1.29, 1.82) is 0 Å². The second-order valence-corrected chi connectivity index (χ2v) is 20.4. The average molecular weight is 920 g/mol. The van der Waals surface area contributed by atoms with Crippen molar-refractivity contribution in [2.75, 3.05) is 9.80 Å². The van der Waals surface area contributed by atoms with Crippen LogP contribution in [0.1, 0.15) is 87.2 Å². The molecule has 71 heavy (non-hydrogen) atoms. The summed E-state index contributed by atoms with van der Waals surface area (Å²) in [6.45, 7) is 0. The Hall–Kier alpha value is -8.02. The molecule has 5 heteroatoms. The molecule has 344 valence electrons. The average Bonchev–Trinajstić information content (AvgIpc) is 4.20. The van der Waals surface area contributed by atoms with E-state index in [0.717, 1.165) is 105 Å². The highest BCUT2D eigenvalue weighted by Crippen LogP contribution is 2.54. The molecule has 0 aliphatic heterocycles. The van der Waals surface area contributed by atoms with Crippen molar-refractivity contribution in [3.8, 4) is 0 Å². The van der Waals surface area contributed by atoms with Crippen molar-refractivity contribution in [3.63, 3.8) is 0 Å². The highest BCUT2D eigenvalue weighted by molar-refractivity contribution is 6.36. The fraction of sp³-hybridized carbons (Fsp3) is 0.182. The van der Waals surface area contributed by atoms with Gasteiger partial charge in [0.15, 0.2) is 11.2 Å². The Morgan fingerprint density at radius 1 is 0.338 bits per heavy atom. The Morgan fingerprint density at radius 3 is 1.15 bits per heavy atom. The van der Waals surface area contributed by atoms with Crippen LogP contribution in [0.25, 0.3) is 82.0 Å². The number of anilines is 6. The summed E-state index contributed by atoms with van der Waals surface area (Å²) in [5.41, 5.74) is 16.3. The number of nitrogens with zero attached hydrogens (tertiary/aromatic N) is 3. The fourth-order valence-electron chi connectivity index (χ4n) is 13.2. The van der Waals surface area contributed by atoms with Gasteiger partial charge in [-0.25, -0.2) is 0 Å². The molecule has 2 saturated carbocycles. The number of hydrogen-bond acceptors (Lipinski definition) is 4. The van der Waals surface area contributed by atoms with E-state index in [9.17, 15) is 0 Å². The van der Waals surface area contributed by atoms with Crippen molar-refractivity contribution in [2.24, 2.45) is 0 Å². The van der Waals surface area contributed by atoms with E-state index < -0.39 is 0 Å². The molecule has 4 aromatic heterocycles. The molecule has 0 unspecified atom stereocenters. The maximum atomic E-state index is 7.17. The van der Waals surface area contributed by atoms with Gasteiger partial charge in [0.25, 0.3) is 0 Å². The highest BCUT2D eigenvalue weighted by atomic mass is 16.3. The van der Waals surface area contributed by atoms with Gasteiger partial charge in [-0.1, -0.05) is 154 Å². The zero-order valence-electron chi connectivity index (χ0n) is 39.8. The Labute approximate surface area is 412 Å². The third kappa shape index (κ3) is 6.31. The third-order valence-electron chi connectivity index (χ3n) is 16.5. The van der Waals surface area contributed by atoms with Crippen LogP contribution in [0.2, 0.25) is 0 Å². The van der Waals surface area contributed by atoms with Crippen molar-refractivity contribution >= 4 is 116 Å². The number of para-hydroxylation sites is 5. The van der Waals surface area contributed by atoms with Crippen LogP contribution in [0.15, 0.2) is 197 Å². The summed E-state index contributed by atoms with van der Waals surface area (Å²) < 4.78 is 16.9. The molecule has 13 aromatic rings. The third-order valence-corrected chi connectivity index (χ3v) is 16.5. The molecule has 0 saturated heterocycles. The van der Waals surface area contributed by atoms with Gasteiger partial charge in [-0.15, -0.1) is 0 Å². The van der Waals surface area contributed by atoms with Crippen LogP contribution in [0.3, 0.4) is 0 Å². The van der Waals surface area contributed by atoms with E-state index in [4.69, 9.17) is 8.83 Å². The molecule has 0 N–H and O–H groups in total. The van der Waals surface area contributed by atoms with Gasteiger partial charge in [-0.3, -0.25) is 0 Å². The van der Waals surface area contributed by atoms with E-state index in [1.165, 1.54) is 86.1 Å². The zero-order chi connectivity index (χ0) is 46.6. The smallest absolute Gasteiger partial charge is 0.160 e. The number of fused-ring (bicyclic) bond motifs is 14. The van der Waals surface area contributed by atoms with E-state index in [2.05, 4.69) is 202 Å². The van der Waals surface area contributed by atoms with Gasteiger partial charge in [0, 0.05) is 65.8 Å². The number of rotatable bonds is 8. The molecule has 0 radical (unpaired) electrons. The van der Waals surface area contributed by atoms with Crippen LogP contribution in [0.4, 0.5) is 34.1 Å². The second-order valence-electron chi connectivity index (χ2n) is 20.4. The molecular weight excluding hydrogens is 867 g/mol. The maximum Gasteiger partial charge on any atom is 0.160 e. The molecule has 0 bridgehead atoms. The van der Waals surface area contributed by atoms with E-state index in [1.807, 2.05) is 0 Å². The molecule has 15 rings (SSSR count). The minimum Gasteiger partial charge on any atom is -0.454 e. The normalized spacial score (nSPS) is 15.2. The highest BCUT2D eigenvalue weighted by Gasteiger charge is 2.32. The summed E-state index contributed by atoms with van der Waals surface area (Å²) in [4.78, 5) is 4.96. The summed E-state index contributed by atoms with van der Waals surface area (Å²) in [5.74, 6) is 1.24. The quantitative estimate of drug-likeness (QED) is 0.152. The first kappa shape index (κ1) is 40.8. The Kier molecular flexibility index (Phi) is 9.36. The van der Waals surface area contributed by atoms with Crippen molar-refractivity contribution in [2.45, 2.75) is 76.0 Å². The minimum atomic E-state index is 0.622. The van der Waals surface area contributed by atoms with E-state index in [-0.39, 0.29) is 0 Å². The van der Waals surface area contributed by atoms with Crippen LogP contribution in [-0.4, -0.2) is 4.40 Å². The molecule has 0 amide bonds. The van der Waals surface area contributed by atoms with Crippen LogP contribution in [-0.2, 0) is 0 Å². The Morgan fingerprint density at radius 2 is 0.718 bits per heavy atom. The monoisotopic (exact) mass is 919 g/mol. The van der Waals surface area contributed by atoms with Crippen LogP contribution < -0.4 is 9.80 Å². The summed E-state index contributed by atoms with van der Waals surface area (Å²) in [6.07, 6.45) is 13.0. The summed E-state index contributed by atoms with van der Waals surface area (Å²) in [6, 6.07) is 69.6. The van der Waals surface area contributed by atoms with E-state index in [0.29, 0.717) is 11.8 Å². The lowest BCUT2D eigenvalue weighted by Crippen LogP contribution is -2.11. The SMILES string of the molecule is c1ccc(N(c2ccc(C3CCCCC3)cc2)c2cc3c4ccccc4oc3c3c2c2cccc4c5c(N(c6ccccc6)c6ccc(C7CCCCC7)cc6)cc6c7ccccc7oc6c5n3c24)cc1. The molecule has 2 aliphatic rings. The van der Waals surface area contributed by atoms with Gasteiger partial charge in [0.1, 0.15) is 22.2 Å². The standard InChI is InChI=1S/C66H53N3O2/c1-5-18-42(19-6-1)44-32-36-48(37-33-44)67(46-22-9-3-10-23-46)56-40-54-50-26-13-15-30-58(50)70-65(54)63-60(56)52-28-17-29-53-61-57(41-55-51-27-14-16-31-59(51)71-66(55)64(61)69(63)62(52)53)68(47-24-11-4-12-25-47)49-38-34-45(35-39-49)43-20-7-2-8-21-43/h3-4,9-17,22-43H,1-2,5-8,18-21H2. The maximum absolute atomic E-state index is 7.17. The van der Waals surface area contributed by atoms with Crippen LogP contribution >= 0.6 is 0 Å². The minimum absolute atomic E-state index is 0.622. The first-order valence-electron chi connectivity index (χ1n) is 26.1. The predicted octanol–water partition coefficient (Wildman–Crippen LogP) is 19.7. The van der Waals surface area contributed by atoms with Crippen molar-refractivity contribution < 1.29 is 8.83 Å². The molecule has 2 aliphatic carbocycles. The van der Waals surface area contributed by atoms with Gasteiger partial charge in [0.05, 0.1) is 16.9 Å². The lowest BCUT2D eigenvalue weighted by molar-refractivity contribution is 0.443. The molecule has 0 spiro atoms. The molecule has 9 aromatic carbocycles. The van der Waals surface area contributed by atoms with Gasteiger partial charge in [-0.05, 0) is 121 Å². The molecule has 4 heterocycles. The number of hydrogen-bond donors (Lipinski definition) is 0. The van der Waals surface area contributed by atoms with E-state index >= 15 is 0 Å². The summed E-state index contributed by atoms with van der Waals surface area (Å²) >= 11 is 0. The zero-order valence-corrected chi connectivity index (χ0v) is 39.8. The second kappa shape index (κ2) is 16.3. The number of aromatic nitrogens is 1. The topological polar surface area (TPSA) is 37.2 Å². The van der Waals surface area contributed by atoms with Crippen molar-refractivity contribution in [3.05, 3.63) is 199 Å². The van der Waals surface area contributed by atoms with Gasteiger partial charge < -0.3 is 23.0 Å². The molecule has 0 atom stereocenters. The molecular formula is C66H53N3O2. The number of benzene rings is 9. The Balaban J connectivity index is 1.07. The van der Waals surface area contributed by atoms with Gasteiger partial charge in [-0.2, -0.15) is 0 Å². The summed E-state index contributed by atoms with van der Waals surface area (Å²) in [7, 11) is 0. The first-order valence-corrected chi connectivity index (χ1v) is 26.1. The molecule has 5 nitrogen and oxygen atoms in total. The van der Waals surface area contributed by atoms with Gasteiger partial charge >= 0.3 is 0 Å². The van der Waals surface area contributed by atoms with Crippen LogP contribution in [0, 0.1) is 0 Å². The number of furan rings is 2. The first-order chi connectivity index (χ1) is 35.2. The Bertz CT molecular complexity index is 3850. The van der Waals surface area contributed by atoms with Crippen LogP contribution in [0.5, 0.6) is 0 Å². The largest absolute Gasteiger partial charge is 0.454 e. The lowest BCUT2D eigenvalue weighted by atomic mass is 9.84. The molecule has 2 fully saturated rings. The predicted molar refractivity (Wildman–Crippen MR) is 297 cm³/mol. The fourth-order valence-corrected chi connectivity index (χ4v) is 13.2. The van der Waals surface area contributed by atoms with E-state index in [1.54, 1.807) is 0 Å².